The molecule has 0 radical (unpaired) electrons. The highest BCUT2D eigenvalue weighted by molar-refractivity contribution is 5.97. The van der Waals surface area contributed by atoms with E-state index in [1.807, 2.05) is 37.3 Å². The smallest absolute Gasteiger partial charge is 0.409 e. The van der Waals surface area contributed by atoms with Crippen LogP contribution in [-0.2, 0) is 19.1 Å². The number of nitrogens with one attached hydrogen (secondary N) is 2. The second-order valence-electron chi connectivity index (χ2n) is 10.9. The Morgan fingerprint density at radius 1 is 0.976 bits per heavy atom. The molecule has 1 atom stereocenters. The zero-order valence-corrected chi connectivity index (χ0v) is 25.1. The van der Waals surface area contributed by atoms with Crippen molar-refractivity contribution in [1.82, 2.24) is 25.1 Å². The number of nitrogens with zero attached hydrogens (tertiary/aromatic N) is 4. The van der Waals surface area contributed by atoms with Gasteiger partial charge in [0.2, 0.25) is 5.91 Å². The van der Waals surface area contributed by atoms with Crippen molar-refractivity contribution in [3.8, 4) is 11.4 Å². The van der Waals surface area contributed by atoms with Crippen molar-refractivity contribution >= 4 is 29.7 Å². The Balaban J connectivity index is 1.81. The second kappa shape index (κ2) is 15.1. The molecular formula is C30H42N6O6. The van der Waals surface area contributed by atoms with Crippen LogP contribution in [0.2, 0.25) is 0 Å². The Hall–Kier alpha value is -4.22. The molecule has 12 heteroatoms. The number of amides is 3. The fourth-order valence-electron chi connectivity index (χ4n) is 4.31. The van der Waals surface area contributed by atoms with E-state index in [0.717, 1.165) is 12.0 Å². The van der Waals surface area contributed by atoms with Crippen molar-refractivity contribution in [1.29, 1.82) is 0 Å². The number of rotatable bonds is 11. The van der Waals surface area contributed by atoms with Gasteiger partial charge in [-0.3, -0.25) is 14.4 Å². The van der Waals surface area contributed by atoms with Gasteiger partial charge in [0.25, 0.3) is 5.91 Å². The van der Waals surface area contributed by atoms with Gasteiger partial charge in [-0.05, 0) is 40.5 Å². The number of piperazine rings is 1. The summed E-state index contributed by atoms with van der Waals surface area (Å²) in [5, 5.41) is 6.01. The zero-order chi connectivity index (χ0) is 30.7. The first-order chi connectivity index (χ1) is 20.0. The predicted octanol–water partition coefficient (Wildman–Crippen LogP) is 3.49. The number of ether oxygens (including phenoxy) is 2. The summed E-state index contributed by atoms with van der Waals surface area (Å²) in [7, 11) is 0. The van der Waals surface area contributed by atoms with Crippen LogP contribution in [0.1, 0.15) is 64.4 Å². The normalized spacial score (nSPS) is 14.1. The van der Waals surface area contributed by atoms with E-state index in [9.17, 15) is 19.2 Å². The molecule has 2 N–H and O–H groups in total. The Kier molecular flexibility index (Phi) is 11.6. The van der Waals surface area contributed by atoms with Crippen molar-refractivity contribution in [2.45, 2.75) is 65.5 Å². The quantitative estimate of drug-likeness (QED) is 0.381. The van der Waals surface area contributed by atoms with Gasteiger partial charge >= 0.3 is 12.1 Å². The molecule has 1 saturated heterocycles. The number of carbonyl (C=O) groups is 4. The van der Waals surface area contributed by atoms with Crippen molar-refractivity contribution in [2.24, 2.45) is 0 Å². The van der Waals surface area contributed by atoms with Crippen LogP contribution in [0.3, 0.4) is 0 Å². The van der Waals surface area contributed by atoms with E-state index in [1.54, 1.807) is 43.6 Å². The lowest BCUT2D eigenvalue weighted by atomic mass is 10.1. The van der Waals surface area contributed by atoms with Gasteiger partial charge in [-0.15, -0.1) is 0 Å². The second-order valence-corrected chi connectivity index (χ2v) is 10.9. The number of benzene rings is 1. The van der Waals surface area contributed by atoms with Gasteiger partial charge in [0.15, 0.2) is 5.82 Å². The zero-order valence-electron chi connectivity index (χ0n) is 25.1. The van der Waals surface area contributed by atoms with E-state index >= 15 is 0 Å². The van der Waals surface area contributed by atoms with Crippen LogP contribution >= 0.6 is 0 Å². The lowest BCUT2D eigenvalue weighted by molar-refractivity contribution is -0.155. The number of aromatic nitrogens is 2. The molecule has 0 bridgehead atoms. The first-order valence-electron chi connectivity index (χ1n) is 14.4. The molecule has 12 nitrogen and oxygen atoms in total. The molecule has 2 aromatic rings. The van der Waals surface area contributed by atoms with Crippen LogP contribution in [0.4, 0.5) is 10.6 Å². The number of anilines is 1. The molecule has 0 aliphatic carbocycles. The lowest BCUT2D eigenvalue weighted by Gasteiger charge is -2.36. The third kappa shape index (κ3) is 9.71. The summed E-state index contributed by atoms with van der Waals surface area (Å²) in [6.07, 6.45) is 0.398. The third-order valence-corrected chi connectivity index (χ3v) is 6.32. The summed E-state index contributed by atoms with van der Waals surface area (Å²) in [5.41, 5.74) is 0.147. The number of hydrogen-bond acceptors (Lipinski definition) is 9. The molecule has 1 aromatic carbocycles. The summed E-state index contributed by atoms with van der Waals surface area (Å²) in [6.45, 7) is 11.1. The maximum absolute atomic E-state index is 13.6. The van der Waals surface area contributed by atoms with Crippen molar-refractivity contribution in [3.05, 3.63) is 42.1 Å². The van der Waals surface area contributed by atoms with Gasteiger partial charge in [-0.1, -0.05) is 37.3 Å². The van der Waals surface area contributed by atoms with Gasteiger partial charge in [-0.2, -0.15) is 0 Å². The molecule has 0 spiro atoms. The molecule has 0 saturated carbocycles. The number of esters is 1. The van der Waals surface area contributed by atoms with Crippen LogP contribution in [0, 0.1) is 0 Å². The van der Waals surface area contributed by atoms with E-state index in [0.29, 0.717) is 31.3 Å². The molecule has 42 heavy (non-hydrogen) atoms. The van der Waals surface area contributed by atoms with Crippen molar-refractivity contribution in [2.75, 3.05) is 44.6 Å². The third-order valence-electron chi connectivity index (χ3n) is 6.32. The highest BCUT2D eigenvalue weighted by Gasteiger charge is 2.32. The fourth-order valence-corrected chi connectivity index (χ4v) is 4.31. The van der Waals surface area contributed by atoms with E-state index in [-0.39, 0.29) is 44.1 Å². The molecular weight excluding hydrogens is 540 g/mol. The summed E-state index contributed by atoms with van der Waals surface area (Å²) in [4.78, 5) is 64.0. The van der Waals surface area contributed by atoms with E-state index in [1.165, 1.54) is 0 Å². The van der Waals surface area contributed by atoms with Crippen molar-refractivity contribution < 1.29 is 28.7 Å². The highest BCUT2D eigenvalue weighted by atomic mass is 16.6. The van der Waals surface area contributed by atoms with E-state index < -0.39 is 29.6 Å². The maximum Gasteiger partial charge on any atom is 0.409 e. The molecule has 1 aliphatic rings. The van der Waals surface area contributed by atoms with Crippen LogP contribution < -0.4 is 10.6 Å². The van der Waals surface area contributed by atoms with Gasteiger partial charge in [0.1, 0.15) is 23.2 Å². The average molecular weight is 583 g/mol. The Bertz CT molecular complexity index is 1220. The standard InChI is InChI=1S/C30H42N6O6/c1-6-15-31-24-20-23(32-26(34-24)21-11-9-8-10-12-21)27(38)33-22(13-14-25(37)42-30(3,4)5)28(39)35-16-18-36(19-17-35)29(40)41-7-2/h8-12,20,22H,6-7,13-19H2,1-5H3,(H,33,38)(H,31,32,34)/t22-/m0/s1. The molecule has 2 heterocycles. The number of carbonyl (C=O) groups excluding carboxylic acids is 4. The summed E-state index contributed by atoms with van der Waals surface area (Å²) < 4.78 is 10.5. The SMILES string of the molecule is CCCNc1cc(C(=O)N[C@@H](CCC(=O)OC(C)(C)C)C(=O)N2CCN(C(=O)OCC)CC2)nc(-c2ccccc2)n1. The minimum Gasteiger partial charge on any atom is -0.460 e. The minimum atomic E-state index is -1.01. The molecule has 1 aromatic heterocycles. The summed E-state index contributed by atoms with van der Waals surface area (Å²) in [5.74, 6) is -0.531. The van der Waals surface area contributed by atoms with Gasteiger partial charge in [0.05, 0.1) is 6.61 Å². The topological polar surface area (TPSA) is 143 Å². The number of hydrogen-bond donors (Lipinski definition) is 2. The van der Waals surface area contributed by atoms with E-state index in [2.05, 4.69) is 20.6 Å². The first-order valence-corrected chi connectivity index (χ1v) is 14.4. The molecule has 3 rings (SSSR count). The van der Waals surface area contributed by atoms with Crippen LogP contribution in [0.25, 0.3) is 11.4 Å². The largest absolute Gasteiger partial charge is 0.460 e. The Morgan fingerprint density at radius 2 is 1.64 bits per heavy atom. The first kappa shape index (κ1) is 32.3. The predicted molar refractivity (Wildman–Crippen MR) is 158 cm³/mol. The monoisotopic (exact) mass is 582 g/mol. The van der Waals surface area contributed by atoms with Crippen molar-refractivity contribution in [3.63, 3.8) is 0 Å². The maximum atomic E-state index is 13.6. The highest BCUT2D eigenvalue weighted by Crippen LogP contribution is 2.19. The molecule has 228 valence electrons. The van der Waals surface area contributed by atoms with Gasteiger partial charge < -0.3 is 29.9 Å². The van der Waals surface area contributed by atoms with Crippen LogP contribution in [-0.4, -0.2) is 94.6 Å². The summed E-state index contributed by atoms with van der Waals surface area (Å²) >= 11 is 0. The summed E-state index contributed by atoms with van der Waals surface area (Å²) in [6, 6.07) is 9.83. The minimum absolute atomic E-state index is 0.0369. The molecule has 3 amide bonds. The Morgan fingerprint density at radius 3 is 2.26 bits per heavy atom. The Labute approximate surface area is 247 Å². The molecule has 1 fully saturated rings. The van der Waals surface area contributed by atoms with Crippen LogP contribution in [0.15, 0.2) is 36.4 Å². The molecule has 1 aliphatic heterocycles. The van der Waals surface area contributed by atoms with Crippen LogP contribution in [0.5, 0.6) is 0 Å². The lowest BCUT2D eigenvalue weighted by Crippen LogP contribution is -2.56. The van der Waals surface area contributed by atoms with Gasteiger partial charge in [0, 0.05) is 50.8 Å². The fraction of sp³-hybridized carbons (Fsp3) is 0.533. The average Bonchev–Trinajstić information content (AvgIpc) is 2.97. The van der Waals surface area contributed by atoms with E-state index in [4.69, 9.17) is 9.47 Å². The van der Waals surface area contributed by atoms with Gasteiger partial charge in [-0.25, -0.2) is 14.8 Å². The molecule has 0 unspecified atom stereocenters.